The number of anilines is 1. The Bertz CT molecular complexity index is 502. The van der Waals surface area contributed by atoms with E-state index in [0.29, 0.717) is 6.07 Å². The molecule has 0 aliphatic carbocycles. The van der Waals surface area contributed by atoms with Gasteiger partial charge in [-0.1, -0.05) is 0 Å². The summed E-state index contributed by atoms with van der Waals surface area (Å²) < 4.78 is 13.4. The lowest BCUT2D eigenvalue weighted by Gasteiger charge is -2.23. The smallest absolute Gasteiger partial charge is 0.338 e. The Balaban J connectivity index is 3.49. The number of aromatic carboxylic acids is 1. The van der Waals surface area contributed by atoms with Gasteiger partial charge in [0.05, 0.1) is 16.6 Å². The Morgan fingerprint density at radius 1 is 1.50 bits per heavy atom. The average Bonchev–Trinajstić information content (AvgIpc) is 2.26. The van der Waals surface area contributed by atoms with Crippen molar-refractivity contribution in [3.63, 3.8) is 0 Å². The van der Waals surface area contributed by atoms with Crippen LogP contribution >= 0.6 is 0 Å². The first-order chi connectivity index (χ1) is 8.25. The van der Waals surface area contributed by atoms with Crippen molar-refractivity contribution < 1.29 is 19.2 Å². The van der Waals surface area contributed by atoms with Crippen LogP contribution in [0.25, 0.3) is 0 Å². The van der Waals surface area contributed by atoms with E-state index in [-0.39, 0.29) is 11.7 Å². The molecule has 1 N–H and O–H groups in total. The highest BCUT2D eigenvalue weighted by atomic mass is 19.1. The molecule has 0 amide bonds. The molecule has 0 heterocycles. The van der Waals surface area contributed by atoms with Crippen molar-refractivity contribution in [2.24, 2.45) is 0 Å². The predicted octanol–water partition coefficient (Wildman–Crippen LogP) is 2.28. The van der Waals surface area contributed by atoms with E-state index in [1.165, 1.54) is 4.90 Å². The number of rotatable bonds is 4. The molecule has 0 atom stereocenters. The van der Waals surface area contributed by atoms with Crippen molar-refractivity contribution in [2.45, 2.75) is 19.9 Å². The normalized spacial score (nSPS) is 10.5. The molecule has 0 fully saturated rings. The number of benzene rings is 1. The molecule has 98 valence electrons. The predicted molar refractivity (Wildman–Crippen MR) is 63.6 cm³/mol. The van der Waals surface area contributed by atoms with Crippen LogP contribution in [0.5, 0.6) is 0 Å². The van der Waals surface area contributed by atoms with Crippen molar-refractivity contribution in [2.75, 3.05) is 11.9 Å². The highest BCUT2D eigenvalue weighted by molar-refractivity contribution is 5.90. The Hall–Kier alpha value is -2.18. The zero-order valence-electron chi connectivity index (χ0n) is 10.2. The first-order valence-corrected chi connectivity index (χ1v) is 5.19. The Morgan fingerprint density at radius 3 is 2.44 bits per heavy atom. The van der Waals surface area contributed by atoms with Crippen molar-refractivity contribution in [3.8, 4) is 0 Å². The Morgan fingerprint density at radius 2 is 2.06 bits per heavy atom. The maximum absolute atomic E-state index is 13.4. The van der Waals surface area contributed by atoms with E-state index < -0.39 is 28.0 Å². The summed E-state index contributed by atoms with van der Waals surface area (Å²) in [6.45, 7) is 3.57. The summed E-state index contributed by atoms with van der Waals surface area (Å²) in [7, 11) is 1.58. The summed E-state index contributed by atoms with van der Waals surface area (Å²) in [6.07, 6.45) is 0. The molecule has 0 unspecified atom stereocenters. The number of hydrogen-bond acceptors (Lipinski definition) is 4. The van der Waals surface area contributed by atoms with Crippen LogP contribution in [0.4, 0.5) is 15.8 Å². The minimum atomic E-state index is -1.46. The average molecular weight is 256 g/mol. The molecule has 0 bridgehead atoms. The van der Waals surface area contributed by atoms with E-state index in [1.807, 2.05) is 0 Å². The molecular formula is C11H13FN2O4. The van der Waals surface area contributed by atoms with Crippen LogP contribution in [0.2, 0.25) is 0 Å². The van der Waals surface area contributed by atoms with Gasteiger partial charge in [0.2, 0.25) is 0 Å². The number of carboxylic acid groups (broad SMARTS) is 1. The van der Waals surface area contributed by atoms with Gasteiger partial charge >= 0.3 is 5.97 Å². The molecule has 1 aromatic rings. The number of halogens is 1. The van der Waals surface area contributed by atoms with E-state index in [2.05, 4.69) is 0 Å². The molecule has 0 radical (unpaired) electrons. The second-order valence-electron chi connectivity index (χ2n) is 4.09. The molecule has 0 aliphatic rings. The van der Waals surface area contributed by atoms with Crippen molar-refractivity contribution in [1.29, 1.82) is 0 Å². The summed E-state index contributed by atoms with van der Waals surface area (Å²) in [4.78, 5) is 22.5. The van der Waals surface area contributed by atoms with Crippen LogP contribution in [0.15, 0.2) is 12.1 Å². The molecule has 0 spiro atoms. The summed E-state index contributed by atoms with van der Waals surface area (Å²) in [5.74, 6) is -2.57. The monoisotopic (exact) mass is 256 g/mol. The second kappa shape index (κ2) is 4.99. The van der Waals surface area contributed by atoms with Gasteiger partial charge in [-0.2, -0.15) is 0 Å². The van der Waals surface area contributed by atoms with Crippen molar-refractivity contribution in [1.82, 2.24) is 0 Å². The van der Waals surface area contributed by atoms with Gasteiger partial charge in [-0.15, -0.1) is 0 Å². The molecule has 1 rings (SSSR count). The largest absolute Gasteiger partial charge is 0.478 e. The van der Waals surface area contributed by atoms with Gasteiger partial charge in [-0.25, -0.2) is 9.18 Å². The van der Waals surface area contributed by atoms with Gasteiger partial charge in [0.15, 0.2) is 0 Å². The number of nitro groups is 1. The zero-order chi connectivity index (χ0) is 14.0. The van der Waals surface area contributed by atoms with Gasteiger partial charge in [-0.05, 0) is 19.9 Å². The molecule has 0 aromatic heterocycles. The highest BCUT2D eigenvalue weighted by Crippen LogP contribution is 2.31. The van der Waals surface area contributed by atoms with Crippen LogP contribution < -0.4 is 4.90 Å². The number of carbonyl (C=O) groups is 1. The fourth-order valence-electron chi connectivity index (χ4n) is 1.42. The number of hydrogen-bond donors (Lipinski definition) is 1. The van der Waals surface area contributed by atoms with Gasteiger partial charge in [0.1, 0.15) is 11.5 Å². The first kappa shape index (κ1) is 13.9. The Labute approximate surface area is 103 Å². The van der Waals surface area contributed by atoms with Crippen LogP contribution in [0.1, 0.15) is 24.2 Å². The molecule has 0 saturated heterocycles. The SMILES string of the molecule is CC(C)N(C)c1cc(C(=O)O)c(F)cc1[N+](=O)[O-]. The van der Waals surface area contributed by atoms with Gasteiger partial charge < -0.3 is 10.0 Å². The lowest BCUT2D eigenvalue weighted by molar-refractivity contribution is -0.384. The van der Waals surface area contributed by atoms with E-state index in [0.717, 1.165) is 6.07 Å². The lowest BCUT2D eigenvalue weighted by atomic mass is 10.1. The summed E-state index contributed by atoms with van der Waals surface area (Å²) in [5.41, 5.74) is -0.953. The fourth-order valence-corrected chi connectivity index (χ4v) is 1.42. The molecule has 0 saturated carbocycles. The maximum Gasteiger partial charge on any atom is 0.338 e. The molecule has 0 aliphatic heterocycles. The van der Waals surface area contributed by atoms with Crippen LogP contribution in [-0.2, 0) is 0 Å². The topological polar surface area (TPSA) is 83.7 Å². The molecule has 18 heavy (non-hydrogen) atoms. The van der Waals surface area contributed by atoms with Crippen molar-refractivity contribution >= 4 is 17.3 Å². The standard InChI is InChI=1S/C11H13FN2O4/c1-6(2)13(3)9-4-7(11(15)16)8(12)5-10(9)14(17)18/h4-6H,1-3H3,(H,15,16). The third-order valence-electron chi connectivity index (χ3n) is 2.65. The molecular weight excluding hydrogens is 243 g/mol. The zero-order valence-corrected chi connectivity index (χ0v) is 10.2. The Kier molecular flexibility index (Phi) is 3.85. The summed E-state index contributed by atoms with van der Waals surface area (Å²) in [5, 5.41) is 19.7. The first-order valence-electron chi connectivity index (χ1n) is 5.19. The molecule has 7 heteroatoms. The number of carboxylic acids is 1. The second-order valence-corrected chi connectivity index (χ2v) is 4.09. The minimum Gasteiger partial charge on any atom is -0.478 e. The van der Waals surface area contributed by atoms with E-state index in [1.54, 1.807) is 20.9 Å². The molecule has 6 nitrogen and oxygen atoms in total. The summed E-state index contributed by atoms with van der Waals surface area (Å²) in [6, 6.07) is 1.53. The van der Waals surface area contributed by atoms with E-state index >= 15 is 0 Å². The van der Waals surface area contributed by atoms with Crippen LogP contribution in [0, 0.1) is 15.9 Å². The fraction of sp³-hybridized carbons (Fsp3) is 0.364. The third-order valence-corrected chi connectivity index (χ3v) is 2.65. The van der Waals surface area contributed by atoms with Crippen LogP contribution in [-0.4, -0.2) is 29.1 Å². The lowest BCUT2D eigenvalue weighted by Crippen LogP contribution is -2.26. The van der Waals surface area contributed by atoms with E-state index in [9.17, 15) is 19.3 Å². The number of nitrogens with zero attached hydrogens (tertiary/aromatic N) is 2. The highest BCUT2D eigenvalue weighted by Gasteiger charge is 2.24. The molecule has 1 aromatic carbocycles. The summed E-state index contributed by atoms with van der Waals surface area (Å²) >= 11 is 0. The quantitative estimate of drug-likeness (QED) is 0.660. The number of nitro benzene ring substituents is 1. The minimum absolute atomic E-state index is 0.0776. The van der Waals surface area contributed by atoms with E-state index in [4.69, 9.17) is 5.11 Å². The third kappa shape index (κ3) is 2.55. The van der Waals surface area contributed by atoms with Gasteiger partial charge in [0, 0.05) is 13.1 Å². The van der Waals surface area contributed by atoms with Gasteiger partial charge in [-0.3, -0.25) is 10.1 Å². The van der Waals surface area contributed by atoms with Crippen LogP contribution in [0.3, 0.4) is 0 Å². The van der Waals surface area contributed by atoms with Crippen molar-refractivity contribution in [3.05, 3.63) is 33.6 Å². The van der Waals surface area contributed by atoms with Gasteiger partial charge in [0.25, 0.3) is 5.69 Å². The maximum atomic E-state index is 13.4.